The molecule has 6 nitrogen and oxygen atoms in total. The number of carbonyl (C=O) groups is 2. The van der Waals surface area contributed by atoms with Gasteiger partial charge in [0.1, 0.15) is 11.4 Å². The van der Waals surface area contributed by atoms with E-state index >= 15 is 0 Å². The predicted octanol–water partition coefficient (Wildman–Crippen LogP) is 3.08. The fourth-order valence-corrected chi connectivity index (χ4v) is 1.93. The average molecular weight is 321 g/mol. The molecule has 1 aromatic heterocycles. The standard InChI is InChI=1S/C15H13ClN2O4/c1-2-22-11-7-12(18-13(8-11)15(20)21)14(19)17-10-5-3-4-9(16)6-10/h3-8H,2H2,1H3,(H,17,19)(H,20,21). The molecular formula is C15H13ClN2O4. The zero-order valence-corrected chi connectivity index (χ0v) is 12.4. The van der Waals surface area contributed by atoms with E-state index in [2.05, 4.69) is 10.3 Å². The van der Waals surface area contributed by atoms with Crippen molar-refractivity contribution in [2.75, 3.05) is 11.9 Å². The monoisotopic (exact) mass is 320 g/mol. The third-order valence-corrected chi connectivity index (χ3v) is 2.88. The van der Waals surface area contributed by atoms with Crippen molar-refractivity contribution >= 4 is 29.2 Å². The molecular weight excluding hydrogens is 308 g/mol. The first-order chi connectivity index (χ1) is 10.5. The minimum absolute atomic E-state index is 0.0525. The van der Waals surface area contributed by atoms with Crippen LogP contribution in [0.25, 0.3) is 0 Å². The van der Waals surface area contributed by atoms with E-state index in [1.165, 1.54) is 12.1 Å². The summed E-state index contributed by atoms with van der Waals surface area (Å²) in [5.74, 6) is -1.52. The van der Waals surface area contributed by atoms with Gasteiger partial charge in [-0.25, -0.2) is 9.78 Å². The lowest BCUT2D eigenvalue weighted by Crippen LogP contribution is -2.16. The van der Waals surface area contributed by atoms with Crippen LogP contribution < -0.4 is 10.1 Å². The Labute approximate surface area is 131 Å². The van der Waals surface area contributed by atoms with Crippen LogP contribution in [-0.2, 0) is 0 Å². The Bertz CT molecular complexity index is 718. The molecule has 1 amide bonds. The first-order valence-electron chi connectivity index (χ1n) is 6.44. The second-order valence-electron chi connectivity index (χ2n) is 4.28. The van der Waals surface area contributed by atoms with E-state index in [0.29, 0.717) is 17.3 Å². The third kappa shape index (κ3) is 3.95. The highest BCUT2D eigenvalue weighted by Gasteiger charge is 2.15. The summed E-state index contributed by atoms with van der Waals surface area (Å²) in [6, 6.07) is 9.24. The molecule has 0 bridgehead atoms. The van der Waals surface area contributed by atoms with Crippen molar-refractivity contribution in [1.82, 2.24) is 4.98 Å². The van der Waals surface area contributed by atoms with Crippen LogP contribution in [-0.4, -0.2) is 28.6 Å². The molecule has 0 aliphatic heterocycles. The van der Waals surface area contributed by atoms with Crippen LogP contribution >= 0.6 is 11.6 Å². The smallest absolute Gasteiger partial charge is 0.354 e. The Hall–Kier alpha value is -2.60. The number of hydrogen-bond acceptors (Lipinski definition) is 4. The van der Waals surface area contributed by atoms with E-state index in [4.69, 9.17) is 21.4 Å². The Balaban J connectivity index is 2.30. The van der Waals surface area contributed by atoms with Gasteiger partial charge in [-0.05, 0) is 25.1 Å². The number of hydrogen-bond donors (Lipinski definition) is 2. The van der Waals surface area contributed by atoms with Gasteiger partial charge in [0.15, 0.2) is 5.69 Å². The quantitative estimate of drug-likeness (QED) is 0.883. The van der Waals surface area contributed by atoms with E-state index in [-0.39, 0.29) is 17.1 Å². The van der Waals surface area contributed by atoms with Crippen molar-refractivity contribution in [2.45, 2.75) is 6.92 Å². The van der Waals surface area contributed by atoms with Crippen LogP contribution in [0.4, 0.5) is 5.69 Å². The van der Waals surface area contributed by atoms with Gasteiger partial charge in [0.05, 0.1) is 6.61 Å². The summed E-state index contributed by atoms with van der Waals surface area (Å²) in [4.78, 5) is 27.1. The number of ether oxygens (including phenoxy) is 1. The number of pyridine rings is 1. The van der Waals surface area contributed by atoms with Crippen molar-refractivity contribution in [1.29, 1.82) is 0 Å². The van der Waals surface area contributed by atoms with E-state index < -0.39 is 11.9 Å². The number of benzene rings is 1. The van der Waals surface area contributed by atoms with E-state index in [9.17, 15) is 9.59 Å². The van der Waals surface area contributed by atoms with Crippen molar-refractivity contribution in [3.05, 3.63) is 52.8 Å². The average Bonchev–Trinajstić information content (AvgIpc) is 2.47. The molecule has 0 aliphatic carbocycles. The van der Waals surface area contributed by atoms with Gasteiger partial charge in [-0.1, -0.05) is 17.7 Å². The number of carbonyl (C=O) groups excluding carboxylic acids is 1. The molecule has 0 saturated heterocycles. The van der Waals surface area contributed by atoms with Crippen molar-refractivity contribution in [2.24, 2.45) is 0 Å². The number of rotatable bonds is 5. The number of carboxylic acids is 1. The molecule has 0 unspecified atom stereocenters. The number of amides is 1. The highest BCUT2D eigenvalue weighted by atomic mass is 35.5. The highest BCUT2D eigenvalue weighted by molar-refractivity contribution is 6.30. The highest BCUT2D eigenvalue weighted by Crippen LogP contribution is 2.18. The number of nitrogens with zero attached hydrogens (tertiary/aromatic N) is 1. The van der Waals surface area contributed by atoms with Crippen molar-refractivity contribution in [3.8, 4) is 5.75 Å². The Morgan fingerprint density at radius 1 is 1.27 bits per heavy atom. The molecule has 2 rings (SSSR count). The van der Waals surface area contributed by atoms with Gasteiger partial charge < -0.3 is 15.2 Å². The molecule has 0 fully saturated rings. The van der Waals surface area contributed by atoms with Gasteiger partial charge in [0, 0.05) is 22.8 Å². The van der Waals surface area contributed by atoms with Crippen molar-refractivity contribution in [3.63, 3.8) is 0 Å². The van der Waals surface area contributed by atoms with Crippen LogP contribution in [0.15, 0.2) is 36.4 Å². The molecule has 0 saturated carbocycles. The SMILES string of the molecule is CCOc1cc(C(=O)O)nc(C(=O)Nc2cccc(Cl)c2)c1. The lowest BCUT2D eigenvalue weighted by atomic mass is 10.2. The number of nitrogens with one attached hydrogen (secondary N) is 1. The summed E-state index contributed by atoms with van der Waals surface area (Å²) in [5.41, 5.74) is 0.170. The summed E-state index contributed by atoms with van der Waals surface area (Å²) in [5, 5.41) is 12.1. The molecule has 0 aliphatic rings. The molecule has 2 N–H and O–H groups in total. The fraction of sp³-hybridized carbons (Fsp3) is 0.133. The maximum absolute atomic E-state index is 12.2. The second kappa shape index (κ2) is 6.91. The topological polar surface area (TPSA) is 88.5 Å². The molecule has 0 spiro atoms. The lowest BCUT2D eigenvalue weighted by Gasteiger charge is -2.08. The number of carboxylic acid groups (broad SMARTS) is 1. The number of anilines is 1. The summed E-state index contributed by atoms with van der Waals surface area (Å²) in [6.45, 7) is 2.10. The summed E-state index contributed by atoms with van der Waals surface area (Å²) >= 11 is 5.84. The van der Waals surface area contributed by atoms with Crippen LogP contribution in [0.5, 0.6) is 5.75 Å². The second-order valence-corrected chi connectivity index (χ2v) is 4.71. The Morgan fingerprint density at radius 3 is 2.64 bits per heavy atom. The first kappa shape index (κ1) is 15.8. The fourth-order valence-electron chi connectivity index (χ4n) is 1.74. The molecule has 1 aromatic carbocycles. The van der Waals surface area contributed by atoms with Gasteiger partial charge >= 0.3 is 5.97 Å². The Morgan fingerprint density at radius 2 is 2.00 bits per heavy atom. The molecule has 1 heterocycles. The molecule has 22 heavy (non-hydrogen) atoms. The van der Waals surface area contributed by atoms with E-state index in [1.54, 1.807) is 31.2 Å². The normalized spacial score (nSPS) is 10.1. The number of halogens is 1. The van der Waals surface area contributed by atoms with Gasteiger partial charge in [-0.15, -0.1) is 0 Å². The maximum Gasteiger partial charge on any atom is 0.354 e. The Kier molecular flexibility index (Phi) is 4.95. The van der Waals surface area contributed by atoms with Gasteiger partial charge in [-0.2, -0.15) is 0 Å². The van der Waals surface area contributed by atoms with Gasteiger partial charge in [0.2, 0.25) is 0 Å². The van der Waals surface area contributed by atoms with Crippen LogP contribution in [0.1, 0.15) is 27.9 Å². The maximum atomic E-state index is 12.2. The van der Waals surface area contributed by atoms with Gasteiger partial charge in [-0.3, -0.25) is 4.79 Å². The minimum atomic E-state index is -1.24. The largest absolute Gasteiger partial charge is 0.494 e. The van der Waals surface area contributed by atoms with Crippen LogP contribution in [0.2, 0.25) is 5.02 Å². The summed E-state index contributed by atoms with van der Waals surface area (Å²) < 4.78 is 5.25. The molecule has 114 valence electrons. The van der Waals surface area contributed by atoms with Gasteiger partial charge in [0.25, 0.3) is 5.91 Å². The number of aromatic nitrogens is 1. The molecule has 7 heteroatoms. The summed E-state index contributed by atoms with van der Waals surface area (Å²) in [7, 11) is 0. The zero-order valence-electron chi connectivity index (χ0n) is 11.7. The molecule has 2 aromatic rings. The zero-order chi connectivity index (χ0) is 16.1. The van der Waals surface area contributed by atoms with E-state index in [1.807, 2.05) is 0 Å². The summed E-state index contributed by atoms with van der Waals surface area (Å²) in [6.07, 6.45) is 0. The van der Waals surface area contributed by atoms with E-state index in [0.717, 1.165) is 0 Å². The van der Waals surface area contributed by atoms with Crippen molar-refractivity contribution < 1.29 is 19.4 Å². The lowest BCUT2D eigenvalue weighted by molar-refractivity contribution is 0.0689. The minimum Gasteiger partial charge on any atom is -0.494 e. The predicted molar refractivity (Wildman–Crippen MR) is 81.8 cm³/mol. The third-order valence-electron chi connectivity index (χ3n) is 2.64. The van der Waals surface area contributed by atoms with Crippen LogP contribution in [0, 0.1) is 0 Å². The van der Waals surface area contributed by atoms with Crippen LogP contribution in [0.3, 0.4) is 0 Å². The molecule has 0 atom stereocenters. The molecule has 0 radical (unpaired) electrons. The first-order valence-corrected chi connectivity index (χ1v) is 6.82. The number of aromatic carboxylic acids is 1.